The minimum atomic E-state index is -0.0698. The van der Waals surface area contributed by atoms with Crippen LogP contribution in [0.5, 0.6) is 0 Å². The van der Waals surface area contributed by atoms with Crippen LogP contribution in [-0.2, 0) is 9.47 Å². The Morgan fingerprint density at radius 1 is 1.30 bits per heavy atom. The molecule has 0 aromatic heterocycles. The van der Waals surface area contributed by atoms with E-state index < -0.39 is 0 Å². The van der Waals surface area contributed by atoms with Gasteiger partial charge in [-0.2, -0.15) is 5.10 Å². The number of allylic oxidation sites excluding steroid dienone is 1. The van der Waals surface area contributed by atoms with E-state index in [4.69, 9.17) is 9.47 Å². The molecule has 0 saturated carbocycles. The third-order valence-corrected chi connectivity index (χ3v) is 4.31. The average molecular weight is 282 g/mol. The van der Waals surface area contributed by atoms with E-state index in [-0.39, 0.29) is 5.60 Å². The van der Waals surface area contributed by atoms with E-state index in [1.54, 1.807) is 0 Å². The van der Waals surface area contributed by atoms with Gasteiger partial charge in [-0.25, -0.2) is 0 Å². The molecule has 0 amide bonds. The lowest BCUT2D eigenvalue weighted by Gasteiger charge is -2.39. The number of methoxy groups -OCH3 is 1. The first-order valence-corrected chi connectivity index (χ1v) is 7.77. The van der Waals surface area contributed by atoms with Crippen molar-refractivity contribution in [2.75, 3.05) is 26.9 Å². The van der Waals surface area contributed by atoms with Gasteiger partial charge in [0.25, 0.3) is 0 Å². The van der Waals surface area contributed by atoms with Crippen molar-refractivity contribution in [1.29, 1.82) is 0 Å². The zero-order chi connectivity index (χ0) is 14.8. The number of hydrogen-bond acceptors (Lipinski definition) is 4. The molecule has 1 heterocycles. The Bertz CT molecular complexity index is 303. The summed E-state index contributed by atoms with van der Waals surface area (Å²) in [5.74, 6) is 0. The number of hydrogen-bond donors (Lipinski definition) is 0. The lowest BCUT2D eigenvalue weighted by atomic mass is 9.87. The van der Waals surface area contributed by atoms with Crippen molar-refractivity contribution in [2.45, 2.75) is 58.1 Å². The van der Waals surface area contributed by atoms with Gasteiger partial charge in [-0.15, -0.1) is 0 Å². The lowest BCUT2D eigenvalue weighted by Crippen LogP contribution is -2.48. The molecule has 0 unspecified atom stereocenters. The summed E-state index contributed by atoms with van der Waals surface area (Å²) in [5, 5.41) is 6.78. The van der Waals surface area contributed by atoms with Gasteiger partial charge < -0.3 is 9.47 Å². The fourth-order valence-electron chi connectivity index (χ4n) is 2.99. The van der Waals surface area contributed by atoms with E-state index >= 15 is 0 Å². The molecular weight excluding hydrogens is 252 g/mol. The molecule has 116 valence electrons. The topological polar surface area (TPSA) is 34.1 Å². The summed E-state index contributed by atoms with van der Waals surface area (Å²) in [6.45, 7) is 8.62. The maximum absolute atomic E-state index is 5.85. The summed E-state index contributed by atoms with van der Waals surface area (Å²) in [4.78, 5) is 0. The molecule has 1 saturated heterocycles. The van der Waals surface area contributed by atoms with Crippen LogP contribution >= 0.6 is 0 Å². The molecule has 20 heavy (non-hydrogen) atoms. The van der Waals surface area contributed by atoms with Crippen molar-refractivity contribution < 1.29 is 9.47 Å². The molecule has 1 rings (SSSR count). The van der Waals surface area contributed by atoms with Crippen molar-refractivity contribution in [3.63, 3.8) is 0 Å². The fourth-order valence-corrected chi connectivity index (χ4v) is 2.99. The summed E-state index contributed by atoms with van der Waals surface area (Å²) in [6, 6.07) is 0.384. The molecule has 1 fully saturated rings. The normalized spacial score (nSPS) is 20.6. The van der Waals surface area contributed by atoms with Gasteiger partial charge in [-0.05, 0) is 32.6 Å². The molecule has 1 aliphatic rings. The van der Waals surface area contributed by atoms with Crippen molar-refractivity contribution in [2.24, 2.45) is 5.10 Å². The van der Waals surface area contributed by atoms with Crippen LogP contribution in [0.4, 0.5) is 0 Å². The van der Waals surface area contributed by atoms with Gasteiger partial charge in [0, 0.05) is 13.7 Å². The molecule has 0 aromatic rings. The molecule has 4 nitrogen and oxygen atoms in total. The number of hydrazone groups is 1. The Morgan fingerprint density at radius 3 is 2.65 bits per heavy atom. The van der Waals surface area contributed by atoms with Gasteiger partial charge in [-0.1, -0.05) is 26.0 Å². The standard InChI is InChI=1S/C16H30N2O2/c1-5-8-13-20-14-11-17-18-12-9-10-15(18)16(6-2,7-3)19-4/h5,8,11,15H,6-7,9-10,12-14H2,1-4H3/b8-5+,17-11+/t15-/m0/s1. The predicted molar refractivity (Wildman–Crippen MR) is 84.2 cm³/mol. The van der Waals surface area contributed by atoms with Crippen molar-refractivity contribution in [3.05, 3.63) is 12.2 Å². The third-order valence-electron chi connectivity index (χ3n) is 4.31. The van der Waals surface area contributed by atoms with E-state index in [9.17, 15) is 0 Å². The zero-order valence-corrected chi connectivity index (χ0v) is 13.5. The van der Waals surface area contributed by atoms with Crippen LogP contribution in [-0.4, -0.2) is 49.7 Å². The Kier molecular flexibility index (Phi) is 7.85. The summed E-state index contributed by atoms with van der Waals surface area (Å²) in [5.41, 5.74) is -0.0698. The Morgan fingerprint density at radius 2 is 2.05 bits per heavy atom. The highest BCUT2D eigenvalue weighted by atomic mass is 16.5. The Balaban J connectivity index is 2.54. The first-order valence-electron chi connectivity index (χ1n) is 7.77. The predicted octanol–water partition coefficient (Wildman–Crippen LogP) is 3.23. The van der Waals surface area contributed by atoms with E-state index in [1.165, 1.54) is 6.42 Å². The molecule has 0 bridgehead atoms. The first kappa shape index (κ1) is 17.2. The van der Waals surface area contributed by atoms with Gasteiger partial charge in [-0.3, -0.25) is 5.01 Å². The third kappa shape index (κ3) is 4.32. The molecule has 4 heteroatoms. The summed E-state index contributed by atoms with van der Waals surface area (Å²) in [6.07, 6.45) is 10.2. The maximum Gasteiger partial charge on any atom is 0.0892 e. The molecular formula is C16H30N2O2. The summed E-state index contributed by atoms with van der Waals surface area (Å²) < 4.78 is 11.3. The van der Waals surface area contributed by atoms with Crippen molar-refractivity contribution in [3.8, 4) is 0 Å². The maximum atomic E-state index is 5.85. The van der Waals surface area contributed by atoms with Gasteiger partial charge in [0.1, 0.15) is 0 Å². The monoisotopic (exact) mass is 282 g/mol. The molecule has 1 aliphatic heterocycles. The van der Waals surface area contributed by atoms with Gasteiger partial charge in [0.15, 0.2) is 0 Å². The van der Waals surface area contributed by atoms with Gasteiger partial charge in [0.2, 0.25) is 0 Å². The van der Waals surface area contributed by atoms with Gasteiger partial charge in [0.05, 0.1) is 31.1 Å². The van der Waals surface area contributed by atoms with E-state index in [0.717, 1.165) is 25.8 Å². The van der Waals surface area contributed by atoms with E-state index in [1.807, 2.05) is 32.4 Å². The highest BCUT2D eigenvalue weighted by molar-refractivity contribution is 5.58. The number of rotatable bonds is 9. The van der Waals surface area contributed by atoms with Crippen LogP contribution in [0, 0.1) is 0 Å². The Labute approximate surface area is 123 Å². The van der Waals surface area contributed by atoms with E-state index in [2.05, 4.69) is 24.0 Å². The van der Waals surface area contributed by atoms with E-state index in [0.29, 0.717) is 19.3 Å². The fraction of sp³-hybridized carbons (Fsp3) is 0.812. The minimum absolute atomic E-state index is 0.0698. The SMILES string of the molecule is C/C=C/COC/C=N/N1CCC[C@H]1C(CC)(CC)OC. The van der Waals surface area contributed by atoms with Crippen LogP contribution in [0.3, 0.4) is 0 Å². The van der Waals surface area contributed by atoms with Gasteiger partial charge >= 0.3 is 0 Å². The van der Waals surface area contributed by atoms with Crippen LogP contribution in [0.2, 0.25) is 0 Å². The van der Waals surface area contributed by atoms with Crippen molar-refractivity contribution >= 4 is 6.21 Å². The molecule has 0 spiro atoms. The largest absolute Gasteiger partial charge is 0.376 e. The second kappa shape index (κ2) is 9.14. The average Bonchev–Trinajstić information content (AvgIpc) is 2.94. The summed E-state index contributed by atoms with van der Waals surface area (Å²) >= 11 is 0. The smallest absolute Gasteiger partial charge is 0.0892 e. The number of nitrogens with zero attached hydrogens (tertiary/aromatic N) is 2. The quantitative estimate of drug-likeness (QED) is 0.370. The second-order valence-corrected chi connectivity index (χ2v) is 5.20. The second-order valence-electron chi connectivity index (χ2n) is 5.20. The Hall–Kier alpha value is -0.870. The molecule has 0 aliphatic carbocycles. The van der Waals surface area contributed by atoms with Crippen LogP contribution < -0.4 is 0 Å². The molecule has 0 radical (unpaired) electrons. The summed E-state index contributed by atoms with van der Waals surface area (Å²) in [7, 11) is 1.83. The highest BCUT2D eigenvalue weighted by Gasteiger charge is 2.41. The van der Waals surface area contributed by atoms with Crippen molar-refractivity contribution in [1.82, 2.24) is 5.01 Å². The van der Waals surface area contributed by atoms with Crippen LogP contribution in [0.15, 0.2) is 17.3 Å². The van der Waals surface area contributed by atoms with Crippen LogP contribution in [0.25, 0.3) is 0 Å². The molecule has 1 atom stereocenters. The molecule has 0 aromatic carbocycles. The highest BCUT2D eigenvalue weighted by Crippen LogP contribution is 2.34. The minimum Gasteiger partial charge on any atom is -0.376 e. The first-order chi connectivity index (χ1) is 9.74. The lowest BCUT2D eigenvalue weighted by molar-refractivity contribution is -0.0731. The molecule has 0 N–H and O–H groups in total. The number of ether oxygens (including phenoxy) is 2. The zero-order valence-electron chi connectivity index (χ0n) is 13.5. The van der Waals surface area contributed by atoms with Crippen LogP contribution in [0.1, 0.15) is 46.5 Å².